The number of nitrogens with zero attached hydrogens (tertiary/aromatic N) is 1. The molecule has 1 aliphatic carbocycles. The molecule has 1 aliphatic heterocycles. The Balaban J connectivity index is 1.55. The standard InChI is InChI=1S/C28H38N2O3/c1-18(2)27(31)29-25-22-9-7-8-10-23(22)28(26(25)33-6)13-15-30(16-14-28)17-21-11-12-24(32-5)20(4)19(21)3/h7-12,18,25-26H,13-17H2,1-6H3,(H,29,31)/t25-,26+/m0/s1. The summed E-state index contributed by atoms with van der Waals surface area (Å²) in [7, 11) is 3.52. The number of methoxy groups -OCH3 is 2. The highest BCUT2D eigenvalue weighted by Gasteiger charge is 2.54. The molecule has 0 saturated carbocycles. The summed E-state index contributed by atoms with van der Waals surface area (Å²) < 4.78 is 11.6. The van der Waals surface area contributed by atoms with Crippen molar-refractivity contribution in [1.82, 2.24) is 10.2 Å². The maximum absolute atomic E-state index is 12.6. The lowest BCUT2D eigenvalue weighted by molar-refractivity contribution is -0.126. The van der Waals surface area contributed by atoms with E-state index in [1.54, 1.807) is 14.2 Å². The number of benzene rings is 2. The fourth-order valence-electron chi connectivity index (χ4n) is 5.84. The van der Waals surface area contributed by atoms with Gasteiger partial charge in [-0.1, -0.05) is 44.2 Å². The molecule has 5 nitrogen and oxygen atoms in total. The Morgan fingerprint density at radius 2 is 1.79 bits per heavy atom. The van der Waals surface area contributed by atoms with Gasteiger partial charge in [-0.25, -0.2) is 0 Å². The number of likely N-dealkylation sites (tertiary alicyclic amines) is 1. The Hall–Kier alpha value is -2.37. The highest BCUT2D eigenvalue weighted by molar-refractivity contribution is 5.78. The molecule has 0 bridgehead atoms. The van der Waals surface area contributed by atoms with Crippen LogP contribution in [0.5, 0.6) is 5.75 Å². The Labute approximate surface area is 198 Å². The van der Waals surface area contributed by atoms with Crippen molar-refractivity contribution in [3.63, 3.8) is 0 Å². The summed E-state index contributed by atoms with van der Waals surface area (Å²) in [4.78, 5) is 15.2. The van der Waals surface area contributed by atoms with Gasteiger partial charge in [0.15, 0.2) is 0 Å². The van der Waals surface area contributed by atoms with E-state index in [4.69, 9.17) is 9.47 Å². The number of carbonyl (C=O) groups is 1. The van der Waals surface area contributed by atoms with Crippen LogP contribution in [0.3, 0.4) is 0 Å². The quantitative estimate of drug-likeness (QED) is 0.694. The second kappa shape index (κ2) is 9.47. The Bertz CT molecular complexity index is 1010. The predicted molar refractivity (Wildman–Crippen MR) is 132 cm³/mol. The number of fused-ring (bicyclic) bond motifs is 2. The van der Waals surface area contributed by atoms with Crippen molar-refractivity contribution in [3.05, 3.63) is 64.2 Å². The van der Waals surface area contributed by atoms with Crippen molar-refractivity contribution in [2.24, 2.45) is 5.92 Å². The third-order valence-electron chi connectivity index (χ3n) is 7.97. The Kier molecular flexibility index (Phi) is 6.83. The lowest BCUT2D eigenvalue weighted by atomic mass is 9.71. The number of piperidine rings is 1. The molecule has 2 atom stereocenters. The summed E-state index contributed by atoms with van der Waals surface area (Å²) in [6.45, 7) is 11.2. The molecule has 0 unspecified atom stereocenters. The second-order valence-corrected chi connectivity index (χ2v) is 9.99. The molecule has 2 aliphatic rings. The van der Waals surface area contributed by atoms with E-state index in [1.807, 2.05) is 13.8 Å². The van der Waals surface area contributed by atoms with Gasteiger partial charge in [0.2, 0.25) is 5.91 Å². The van der Waals surface area contributed by atoms with Crippen molar-refractivity contribution in [2.75, 3.05) is 27.3 Å². The summed E-state index contributed by atoms with van der Waals surface area (Å²) in [5.41, 5.74) is 6.39. The van der Waals surface area contributed by atoms with Gasteiger partial charge in [0.25, 0.3) is 0 Å². The van der Waals surface area contributed by atoms with Gasteiger partial charge in [0, 0.05) is 25.0 Å². The molecule has 0 radical (unpaired) electrons. The first-order chi connectivity index (χ1) is 15.8. The molecule has 1 N–H and O–H groups in total. The van der Waals surface area contributed by atoms with Crippen LogP contribution in [0.15, 0.2) is 36.4 Å². The summed E-state index contributed by atoms with van der Waals surface area (Å²) in [6.07, 6.45) is 1.99. The molecule has 1 spiro atoms. The highest BCUT2D eigenvalue weighted by Crippen LogP contribution is 2.52. The fraction of sp³-hybridized carbons (Fsp3) is 0.536. The van der Waals surface area contributed by atoms with Crippen LogP contribution in [0.4, 0.5) is 0 Å². The van der Waals surface area contributed by atoms with Crippen LogP contribution < -0.4 is 10.1 Å². The minimum atomic E-state index is -0.0980. The molecule has 2 aromatic rings. The van der Waals surface area contributed by atoms with E-state index in [1.165, 1.54) is 27.8 Å². The van der Waals surface area contributed by atoms with Crippen molar-refractivity contribution in [1.29, 1.82) is 0 Å². The van der Waals surface area contributed by atoms with Gasteiger partial charge in [-0.15, -0.1) is 0 Å². The van der Waals surface area contributed by atoms with Crippen LogP contribution in [-0.2, 0) is 21.5 Å². The van der Waals surface area contributed by atoms with Gasteiger partial charge in [-0.05, 0) is 73.7 Å². The van der Waals surface area contributed by atoms with Crippen molar-refractivity contribution in [3.8, 4) is 5.75 Å². The molecule has 1 amide bonds. The first-order valence-electron chi connectivity index (χ1n) is 12.1. The normalized spacial score (nSPS) is 21.9. The van der Waals surface area contributed by atoms with Crippen molar-refractivity contribution in [2.45, 2.75) is 64.6 Å². The van der Waals surface area contributed by atoms with Crippen LogP contribution in [0.1, 0.15) is 60.5 Å². The molecular weight excluding hydrogens is 412 g/mol. The van der Waals surface area contributed by atoms with Crippen LogP contribution in [-0.4, -0.2) is 44.2 Å². The molecule has 1 saturated heterocycles. The second-order valence-electron chi connectivity index (χ2n) is 9.99. The Morgan fingerprint density at radius 1 is 1.09 bits per heavy atom. The lowest BCUT2D eigenvalue weighted by Crippen LogP contribution is -2.50. The SMILES string of the molecule is COc1ccc(CN2CCC3(CC2)c2ccccc2[C@H](NC(=O)C(C)C)[C@H]3OC)c(C)c1C. The van der Waals surface area contributed by atoms with Crippen molar-refractivity contribution >= 4 is 5.91 Å². The zero-order chi connectivity index (χ0) is 23.8. The summed E-state index contributed by atoms with van der Waals surface area (Å²) in [5, 5.41) is 3.29. The van der Waals surface area contributed by atoms with Gasteiger partial charge in [0.1, 0.15) is 5.75 Å². The molecule has 33 heavy (non-hydrogen) atoms. The number of ether oxygens (including phenoxy) is 2. The zero-order valence-corrected chi connectivity index (χ0v) is 20.9. The van der Waals surface area contributed by atoms with E-state index < -0.39 is 0 Å². The average Bonchev–Trinajstić information content (AvgIpc) is 3.07. The molecule has 0 aromatic heterocycles. The number of rotatable bonds is 6. The highest BCUT2D eigenvalue weighted by atomic mass is 16.5. The maximum Gasteiger partial charge on any atom is 0.223 e. The van der Waals surface area contributed by atoms with E-state index in [0.717, 1.165) is 38.2 Å². The topological polar surface area (TPSA) is 50.8 Å². The van der Waals surface area contributed by atoms with Gasteiger partial charge in [-0.2, -0.15) is 0 Å². The van der Waals surface area contributed by atoms with Crippen LogP contribution >= 0.6 is 0 Å². The monoisotopic (exact) mass is 450 g/mol. The number of nitrogens with one attached hydrogen (secondary N) is 1. The fourth-order valence-corrected chi connectivity index (χ4v) is 5.84. The van der Waals surface area contributed by atoms with E-state index in [0.29, 0.717) is 0 Å². The number of amides is 1. The van der Waals surface area contributed by atoms with E-state index in [-0.39, 0.29) is 29.4 Å². The minimum absolute atomic E-state index is 0.0512. The van der Waals surface area contributed by atoms with Gasteiger partial charge in [-0.3, -0.25) is 9.69 Å². The molecule has 1 fully saturated rings. The smallest absolute Gasteiger partial charge is 0.223 e. The summed E-state index contributed by atoms with van der Waals surface area (Å²) >= 11 is 0. The van der Waals surface area contributed by atoms with E-state index in [2.05, 4.69) is 60.5 Å². The predicted octanol–water partition coefficient (Wildman–Crippen LogP) is 4.69. The summed E-state index contributed by atoms with van der Waals surface area (Å²) in [5.74, 6) is 0.981. The van der Waals surface area contributed by atoms with Gasteiger partial charge < -0.3 is 14.8 Å². The lowest BCUT2D eigenvalue weighted by Gasteiger charge is -2.44. The van der Waals surface area contributed by atoms with Gasteiger partial charge >= 0.3 is 0 Å². The molecular formula is C28H38N2O3. The maximum atomic E-state index is 12.6. The van der Waals surface area contributed by atoms with Crippen molar-refractivity contribution < 1.29 is 14.3 Å². The number of hydrogen-bond donors (Lipinski definition) is 1. The molecule has 1 heterocycles. The van der Waals surface area contributed by atoms with Crippen LogP contribution in [0.2, 0.25) is 0 Å². The zero-order valence-electron chi connectivity index (χ0n) is 20.9. The number of carbonyl (C=O) groups excluding carboxylic acids is 1. The van der Waals surface area contributed by atoms with Crippen LogP contribution in [0, 0.1) is 19.8 Å². The first kappa shape index (κ1) is 23.8. The molecule has 5 heteroatoms. The Morgan fingerprint density at radius 3 is 2.42 bits per heavy atom. The largest absolute Gasteiger partial charge is 0.496 e. The van der Waals surface area contributed by atoms with Crippen LogP contribution in [0.25, 0.3) is 0 Å². The minimum Gasteiger partial charge on any atom is -0.496 e. The average molecular weight is 451 g/mol. The summed E-state index contributed by atoms with van der Waals surface area (Å²) in [6, 6.07) is 12.8. The molecule has 2 aromatic carbocycles. The molecule has 4 rings (SSSR count). The van der Waals surface area contributed by atoms with E-state index >= 15 is 0 Å². The third-order valence-corrected chi connectivity index (χ3v) is 7.97. The number of hydrogen-bond acceptors (Lipinski definition) is 4. The third kappa shape index (κ3) is 4.17. The first-order valence-corrected chi connectivity index (χ1v) is 12.1. The molecule has 178 valence electrons. The van der Waals surface area contributed by atoms with Gasteiger partial charge in [0.05, 0.1) is 19.3 Å². The van der Waals surface area contributed by atoms with E-state index in [9.17, 15) is 4.79 Å².